The summed E-state index contributed by atoms with van der Waals surface area (Å²) in [7, 11) is 1.61. The highest BCUT2D eigenvalue weighted by atomic mass is 32.2. The number of amides is 1. The van der Waals surface area contributed by atoms with Gasteiger partial charge in [-0.2, -0.15) is 0 Å². The van der Waals surface area contributed by atoms with Crippen molar-refractivity contribution in [2.45, 2.75) is 37.2 Å². The predicted octanol–water partition coefficient (Wildman–Crippen LogP) is 2.13. The minimum absolute atomic E-state index is 0.168. The van der Waals surface area contributed by atoms with E-state index in [1.165, 1.54) is 16.3 Å². The number of rotatable bonds is 10. The zero-order valence-corrected chi connectivity index (χ0v) is 16.0. The average molecular weight is 380 g/mol. The van der Waals surface area contributed by atoms with Gasteiger partial charge in [-0.3, -0.25) is 9.36 Å². The van der Waals surface area contributed by atoms with Gasteiger partial charge in [0.05, 0.1) is 11.9 Å². The number of H-pyrrole nitrogens is 1. The second-order valence-electron chi connectivity index (χ2n) is 5.52. The van der Waals surface area contributed by atoms with E-state index in [1.54, 1.807) is 38.3 Å². The summed E-state index contributed by atoms with van der Waals surface area (Å²) in [6.07, 6.45) is 0.691. The molecular weight excluding hydrogens is 356 g/mol. The number of aromatic nitrogens is 3. The van der Waals surface area contributed by atoms with E-state index in [0.29, 0.717) is 37.0 Å². The van der Waals surface area contributed by atoms with Crippen molar-refractivity contribution in [3.63, 3.8) is 0 Å². The van der Waals surface area contributed by atoms with E-state index in [0.717, 1.165) is 5.75 Å². The molecular formula is C17H24N4O4S. The number of nitrogens with one attached hydrogen (secondary N) is 2. The third-order valence-corrected chi connectivity index (χ3v) is 4.63. The number of carbonyl (C=O) groups is 1. The van der Waals surface area contributed by atoms with E-state index in [1.807, 2.05) is 6.92 Å². The van der Waals surface area contributed by atoms with Crippen LogP contribution in [0.2, 0.25) is 0 Å². The van der Waals surface area contributed by atoms with E-state index in [-0.39, 0.29) is 11.6 Å². The summed E-state index contributed by atoms with van der Waals surface area (Å²) in [5, 5.41) is 9.35. The molecule has 0 radical (unpaired) electrons. The number of thioether (sulfide) groups is 1. The summed E-state index contributed by atoms with van der Waals surface area (Å²) in [5.41, 5.74) is 0.396. The van der Waals surface area contributed by atoms with Crippen LogP contribution < -0.4 is 15.7 Å². The molecule has 1 heterocycles. The zero-order valence-electron chi connectivity index (χ0n) is 15.2. The van der Waals surface area contributed by atoms with Crippen LogP contribution in [-0.4, -0.2) is 46.2 Å². The Morgan fingerprint density at radius 2 is 2.12 bits per heavy atom. The second-order valence-corrected chi connectivity index (χ2v) is 6.82. The Kier molecular flexibility index (Phi) is 7.73. The maximum Gasteiger partial charge on any atom is 0.343 e. The predicted molar refractivity (Wildman–Crippen MR) is 101 cm³/mol. The lowest BCUT2D eigenvalue weighted by Crippen LogP contribution is -2.24. The lowest BCUT2D eigenvalue weighted by molar-refractivity contribution is -0.115. The molecule has 8 nitrogen and oxygen atoms in total. The van der Waals surface area contributed by atoms with Crippen molar-refractivity contribution in [3.8, 4) is 5.75 Å². The summed E-state index contributed by atoms with van der Waals surface area (Å²) in [4.78, 5) is 24.2. The van der Waals surface area contributed by atoms with Gasteiger partial charge in [-0.25, -0.2) is 9.89 Å². The standard InChI is InChI=1S/C17H24N4O4S/c1-4-25-14-8-6-13(7-9-14)18-15(22)12(2)26-17-20-19-16(23)21(17)10-5-11-24-3/h6-9,12H,4-5,10-11H2,1-3H3,(H,18,22)(H,19,23)/t12-/m0/s1. The van der Waals surface area contributed by atoms with Crippen molar-refractivity contribution in [2.24, 2.45) is 0 Å². The number of hydrogen-bond acceptors (Lipinski definition) is 6. The molecule has 2 rings (SSSR count). The lowest BCUT2D eigenvalue weighted by atomic mass is 10.3. The number of hydrogen-bond donors (Lipinski definition) is 2. The number of aromatic amines is 1. The molecule has 2 aromatic rings. The first kappa shape index (κ1) is 20.1. The summed E-state index contributed by atoms with van der Waals surface area (Å²) in [6.45, 7) is 5.31. The molecule has 0 saturated heterocycles. The molecule has 1 aromatic heterocycles. The Labute approximate surface area is 156 Å². The van der Waals surface area contributed by atoms with E-state index < -0.39 is 5.25 Å². The van der Waals surface area contributed by atoms with Crippen molar-refractivity contribution < 1.29 is 14.3 Å². The number of ether oxygens (including phenoxy) is 2. The van der Waals surface area contributed by atoms with Gasteiger partial charge in [-0.05, 0) is 44.5 Å². The van der Waals surface area contributed by atoms with Crippen LogP contribution in [0.5, 0.6) is 5.75 Å². The molecule has 2 N–H and O–H groups in total. The number of methoxy groups -OCH3 is 1. The molecule has 1 atom stereocenters. The topological polar surface area (TPSA) is 98.2 Å². The Bertz CT molecular complexity index is 757. The SMILES string of the molecule is CCOc1ccc(NC(=O)[C@H](C)Sc2n[nH]c(=O)n2CCCOC)cc1. The van der Waals surface area contributed by atoms with Gasteiger partial charge in [0.1, 0.15) is 5.75 Å². The van der Waals surface area contributed by atoms with E-state index >= 15 is 0 Å². The van der Waals surface area contributed by atoms with Gasteiger partial charge in [0, 0.05) is 25.9 Å². The molecule has 142 valence electrons. The van der Waals surface area contributed by atoms with Crippen LogP contribution in [0.3, 0.4) is 0 Å². The van der Waals surface area contributed by atoms with Crippen molar-refractivity contribution in [2.75, 3.05) is 25.6 Å². The molecule has 0 aliphatic heterocycles. The van der Waals surface area contributed by atoms with E-state index in [2.05, 4.69) is 15.5 Å². The molecule has 1 amide bonds. The van der Waals surface area contributed by atoms with Crippen molar-refractivity contribution in [1.29, 1.82) is 0 Å². The van der Waals surface area contributed by atoms with Crippen LogP contribution in [-0.2, 0) is 16.1 Å². The highest BCUT2D eigenvalue weighted by Gasteiger charge is 2.19. The van der Waals surface area contributed by atoms with Crippen LogP contribution >= 0.6 is 11.8 Å². The third kappa shape index (κ3) is 5.63. The minimum Gasteiger partial charge on any atom is -0.494 e. The van der Waals surface area contributed by atoms with Gasteiger partial charge in [0.15, 0.2) is 5.16 Å². The highest BCUT2D eigenvalue weighted by Crippen LogP contribution is 2.22. The molecule has 0 spiro atoms. The average Bonchev–Trinajstić information content (AvgIpc) is 2.97. The third-order valence-electron chi connectivity index (χ3n) is 3.54. The monoisotopic (exact) mass is 380 g/mol. The molecule has 0 saturated carbocycles. The molecule has 0 aliphatic carbocycles. The Balaban J connectivity index is 1.95. The smallest absolute Gasteiger partial charge is 0.343 e. The maximum atomic E-state index is 12.4. The van der Waals surface area contributed by atoms with Gasteiger partial charge >= 0.3 is 5.69 Å². The minimum atomic E-state index is -0.419. The first-order chi connectivity index (χ1) is 12.5. The number of benzene rings is 1. The molecule has 0 unspecified atom stereocenters. The molecule has 0 bridgehead atoms. The van der Waals surface area contributed by atoms with Crippen LogP contribution in [0.15, 0.2) is 34.2 Å². The molecule has 0 aliphatic rings. The fourth-order valence-corrected chi connectivity index (χ4v) is 3.10. The van der Waals surface area contributed by atoms with Crippen molar-refractivity contribution in [3.05, 3.63) is 34.7 Å². The molecule has 26 heavy (non-hydrogen) atoms. The van der Waals surface area contributed by atoms with Gasteiger partial charge in [-0.1, -0.05) is 11.8 Å². The Morgan fingerprint density at radius 1 is 1.38 bits per heavy atom. The quantitative estimate of drug-likeness (QED) is 0.484. The molecule has 0 fully saturated rings. The fraction of sp³-hybridized carbons (Fsp3) is 0.471. The first-order valence-electron chi connectivity index (χ1n) is 8.39. The highest BCUT2D eigenvalue weighted by molar-refractivity contribution is 8.00. The van der Waals surface area contributed by atoms with Crippen molar-refractivity contribution in [1.82, 2.24) is 14.8 Å². The number of anilines is 1. The van der Waals surface area contributed by atoms with E-state index in [9.17, 15) is 9.59 Å². The van der Waals surface area contributed by atoms with Crippen molar-refractivity contribution >= 4 is 23.4 Å². The fourth-order valence-electron chi connectivity index (χ4n) is 2.21. The van der Waals surface area contributed by atoms with Crippen LogP contribution in [0.4, 0.5) is 5.69 Å². The van der Waals surface area contributed by atoms with Gasteiger partial charge in [0.25, 0.3) is 0 Å². The van der Waals surface area contributed by atoms with Crippen LogP contribution in [0.25, 0.3) is 0 Å². The largest absolute Gasteiger partial charge is 0.494 e. The van der Waals surface area contributed by atoms with Gasteiger partial charge < -0.3 is 14.8 Å². The number of carbonyl (C=O) groups excluding carboxylic acids is 1. The number of nitrogens with zero attached hydrogens (tertiary/aromatic N) is 2. The molecule has 9 heteroatoms. The summed E-state index contributed by atoms with van der Waals surface area (Å²) < 4.78 is 11.9. The summed E-state index contributed by atoms with van der Waals surface area (Å²) >= 11 is 1.23. The summed E-state index contributed by atoms with van der Waals surface area (Å²) in [5.74, 6) is 0.586. The second kappa shape index (κ2) is 10.0. The Morgan fingerprint density at radius 3 is 2.77 bits per heavy atom. The lowest BCUT2D eigenvalue weighted by Gasteiger charge is -2.12. The molecule has 1 aromatic carbocycles. The van der Waals surface area contributed by atoms with Crippen LogP contribution in [0.1, 0.15) is 20.3 Å². The normalized spacial score (nSPS) is 12.0. The maximum absolute atomic E-state index is 12.4. The first-order valence-corrected chi connectivity index (χ1v) is 9.27. The van der Waals surface area contributed by atoms with Gasteiger partial charge in [0.2, 0.25) is 5.91 Å². The van der Waals surface area contributed by atoms with Crippen LogP contribution in [0, 0.1) is 0 Å². The zero-order chi connectivity index (χ0) is 18.9. The Hall–Kier alpha value is -2.26. The van der Waals surface area contributed by atoms with E-state index in [4.69, 9.17) is 9.47 Å². The summed E-state index contributed by atoms with van der Waals surface area (Å²) in [6, 6.07) is 7.18. The van der Waals surface area contributed by atoms with Gasteiger partial charge in [-0.15, -0.1) is 5.10 Å².